The second kappa shape index (κ2) is 38.7. The largest absolute Gasteiger partial charge is 0.756 e. The maximum Gasteiger partial charge on any atom is 0.306 e. The van der Waals surface area contributed by atoms with Crippen LogP contribution in [0.5, 0.6) is 0 Å². The molecule has 0 bridgehead atoms. The molecule has 10 heteroatoms. The Morgan fingerprint density at radius 3 is 1.48 bits per heavy atom. The fourth-order valence-corrected chi connectivity index (χ4v) is 6.77. The van der Waals surface area contributed by atoms with Gasteiger partial charge in [0.05, 0.1) is 27.7 Å². The monoisotopic (exact) mass is 812 g/mol. The highest BCUT2D eigenvalue weighted by atomic mass is 31.2. The third-order valence-electron chi connectivity index (χ3n) is 9.63. The van der Waals surface area contributed by atoms with Crippen molar-refractivity contribution < 1.29 is 42.1 Å². The molecular weight excluding hydrogens is 725 g/mol. The molecule has 0 N–H and O–H groups in total. The number of rotatable bonds is 41. The van der Waals surface area contributed by atoms with E-state index in [1.54, 1.807) is 0 Å². The Kier molecular flexibility index (Phi) is 37.5. The highest BCUT2D eigenvalue weighted by molar-refractivity contribution is 7.45. The molecule has 0 aromatic heterocycles. The minimum absolute atomic E-state index is 0.0394. The number of phosphoric ester groups is 1. The van der Waals surface area contributed by atoms with Crippen LogP contribution in [0.2, 0.25) is 0 Å². The van der Waals surface area contributed by atoms with E-state index in [9.17, 15) is 19.0 Å². The molecule has 0 aliphatic rings. The standard InChI is InChI=1S/C46H86NO8P/c1-6-8-10-12-14-16-18-20-22-23-25-27-29-31-33-35-37-39-46(49)55-44(43-54-56(50,51)53-41-40-47(3,4)5)42-52-45(48)38-36-34-32-30-28-26-24-21-19-17-15-13-11-9-7-2/h21,24-25,27,31,33,44H,6-20,22-23,26,28-30,32,34-43H2,1-5H3/b24-21+,27-25+,33-31+/t44-/m1/s1. The number of likely N-dealkylation sites (N-methyl/N-ethyl adjacent to an activating group) is 1. The molecule has 0 saturated heterocycles. The molecule has 0 radical (unpaired) electrons. The van der Waals surface area contributed by atoms with Gasteiger partial charge in [-0.1, -0.05) is 153 Å². The van der Waals surface area contributed by atoms with Crippen molar-refractivity contribution in [1.82, 2.24) is 0 Å². The molecule has 1 unspecified atom stereocenters. The maximum atomic E-state index is 12.7. The van der Waals surface area contributed by atoms with Crippen LogP contribution in [-0.4, -0.2) is 70.0 Å². The summed E-state index contributed by atoms with van der Waals surface area (Å²) in [6.07, 6.45) is 43.2. The minimum Gasteiger partial charge on any atom is -0.756 e. The van der Waals surface area contributed by atoms with Gasteiger partial charge in [0.2, 0.25) is 0 Å². The molecule has 0 aromatic rings. The van der Waals surface area contributed by atoms with Crippen molar-refractivity contribution in [3.63, 3.8) is 0 Å². The Balaban J connectivity index is 4.42. The smallest absolute Gasteiger partial charge is 0.306 e. The summed E-state index contributed by atoms with van der Waals surface area (Å²) in [5.41, 5.74) is 0. The predicted molar refractivity (Wildman–Crippen MR) is 231 cm³/mol. The Morgan fingerprint density at radius 2 is 0.982 bits per heavy atom. The SMILES string of the molecule is CCCCCCCC/C=C/CCCCCCCC(=O)OC[C@H](COP(=O)([O-])OCC[N+](C)(C)C)OC(=O)CCC/C=C/C/C=C/CCCCCCCCCCC. The second-order valence-corrected chi connectivity index (χ2v) is 17.8. The van der Waals surface area contributed by atoms with Gasteiger partial charge in [0.1, 0.15) is 19.8 Å². The number of hydrogen-bond acceptors (Lipinski definition) is 8. The lowest BCUT2D eigenvalue weighted by Gasteiger charge is -2.28. The first-order valence-electron chi connectivity index (χ1n) is 22.7. The first-order chi connectivity index (χ1) is 27.0. The summed E-state index contributed by atoms with van der Waals surface area (Å²) in [6, 6.07) is 0. The molecule has 0 aliphatic heterocycles. The van der Waals surface area contributed by atoms with E-state index in [-0.39, 0.29) is 26.1 Å². The Bertz CT molecular complexity index is 1050. The molecule has 56 heavy (non-hydrogen) atoms. The van der Waals surface area contributed by atoms with Crippen molar-refractivity contribution in [1.29, 1.82) is 0 Å². The Labute approximate surface area is 344 Å². The Hall–Kier alpha value is -1.77. The summed E-state index contributed by atoms with van der Waals surface area (Å²) in [6.45, 7) is 4.17. The molecule has 0 aromatic carbocycles. The zero-order valence-corrected chi connectivity index (χ0v) is 37.7. The lowest BCUT2D eigenvalue weighted by Crippen LogP contribution is -2.37. The third kappa shape index (κ3) is 41.9. The minimum atomic E-state index is -4.64. The summed E-state index contributed by atoms with van der Waals surface area (Å²) >= 11 is 0. The molecule has 9 nitrogen and oxygen atoms in total. The van der Waals surface area contributed by atoms with Crippen LogP contribution in [0.25, 0.3) is 0 Å². The van der Waals surface area contributed by atoms with Crippen LogP contribution in [0.3, 0.4) is 0 Å². The van der Waals surface area contributed by atoms with Crippen LogP contribution in [0.15, 0.2) is 36.5 Å². The highest BCUT2D eigenvalue weighted by Crippen LogP contribution is 2.38. The lowest BCUT2D eigenvalue weighted by atomic mass is 10.1. The van der Waals surface area contributed by atoms with Gasteiger partial charge in [0.25, 0.3) is 7.82 Å². The van der Waals surface area contributed by atoms with E-state index in [1.807, 2.05) is 21.1 Å². The first kappa shape index (κ1) is 54.2. The van der Waals surface area contributed by atoms with Gasteiger partial charge in [-0.3, -0.25) is 14.2 Å². The van der Waals surface area contributed by atoms with Gasteiger partial charge >= 0.3 is 11.9 Å². The summed E-state index contributed by atoms with van der Waals surface area (Å²) in [7, 11) is 1.14. The molecule has 328 valence electrons. The van der Waals surface area contributed by atoms with Crippen molar-refractivity contribution >= 4 is 19.8 Å². The molecule has 0 amide bonds. The fraction of sp³-hybridized carbons (Fsp3) is 0.826. The zero-order valence-electron chi connectivity index (χ0n) is 36.8. The maximum absolute atomic E-state index is 12.7. The number of quaternary nitrogens is 1. The topological polar surface area (TPSA) is 111 Å². The number of allylic oxidation sites excluding steroid dienone is 6. The third-order valence-corrected chi connectivity index (χ3v) is 10.6. The lowest BCUT2D eigenvalue weighted by molar-refractivity contribution is -0.870. The van der Waals surface area contributed by atoms with Crippen LogP contribution in [0.4, 0.5) is 0 Å². The van der Waals surface area contributed by atoms with Crippen LogP contribution in [0.1, 0.15) is 194 Å². The summed E-state index contributed by atoms with van der Waals surface area (Å²) in [5.74, 6) is -0.895. The van der Waals surface area contributed by atoms with Gasteiger partial charge in [-0.05, 0) is 64.2 Å². The van der Waals surface area contributed by atoms with Gasteiger partial charge in [0.15, 0.2) is 6.10 Å². The molecular formula is C46H86NO8P. The number of ether oxygens (including phenoxy) is 2. The average molecular weight is 812 g/mol. The van der Waals surface area contributed by atoms with Crippen molar-refractivity contribution in [3.8, 4) is 0 Å². The number of phosphoric acid groups is 1. The number of unbranched alkanes of at least 4 members (excludes halogenated alkanes) is 21. The van der Waals surface area contributed by atoms with Crippen molar-refractivity contribution in [3.05, 3.63) is 36.5 Å². The molecule has 0 rings (SSSR count). The van der Waals surface area contributed by atoms with Crippen molar-refractivity contribution in [2.75, 3.05) is 47.5 Å². The van der Waals surface area contributed by atoms with E-state index < -0.39 is 32.5 Å². The predicted octanol–water partition coefficient (Wildman–Crippen LogP) is 12.3. The van der Waals surface area contributed by atoms with Gasteiger partial charge in [-0.2, -0.15) is 0 Å². The van der Waals surface area contributed by atoms with Crippen LogP contribution >= 0.6 is 7.82 Å². The van der Waals surface area contributed by atoms with Crippen LogP contribution < -0.4 is 4.89 Å². The molecule has 0 saturated carbocycles. The molecule has 0 fully saturated rings. The number of hydrogen-bond donors (Lipinski definition) is 0. The first-order valence-corrected chi connectivity index (χ1v) is 24.2. The van der Waals surface area contributed by atoms with Crippen LogP contribution in [-0.2, 0) is 32.7 Å². The fourth-order valence-electron chi connectivity index (χ4n) is 6.04. The average Bonchev–Trinajstić information content (AvgIpc) is 3.15. The highest BCUT2D eigenvalue weighted by Gasteiger charge is 2.21. The van der Waals surface area contributed by atoms with Gasteiger partial charge < -0.3 is 27.9 Å². The molecule has 0 spiro atoms. The molecule has 2 atom stereocenters. The number of carbonyl (C=O) groups is 2. The Morgan fingerprint density at radius 1 is 0.554 bits per heavy atom. The normalized spacial score (nSPS) is 13.9. The summed E-state index contributed by atoms with van der Waals surface area (Å²) in [4.78, 5) is 37.5. The molecule has 0 aliphatic carbocycles. The van der Waals surface area contributed by atoms with Gasteiger partial charge in [-0.25, -0.2) is 0 Å². The molecule has 0 heterocycles. The summed E-state index contributed by atoms with van der Waals surface area (Å²) in [5, 5.41) is 0. The van der Waals surface area contributed by atoms with Crippen molar-refractivity contribution in [2.24, 2.45) is 0 Å². The van der Waals surface area contributed by atoms with E-state index in [0.717, 1.165) is 51.4 Å². The number of esters is 2. The van der Waals surface area contributed by atoms with E-state index in [1.165, 1.54) is 103 Å². The number of nitrogens with zero attached hydrogens (tertiary/aromatic N) is 1. The van der Waals surface area contributed by atoms with Gasteiger partial charge in [-0.15, -0.1) is 0 Å². The quantitative estimate of drug-likeness (QED) is 0.0197. The zero-order chi connectivity index (χ0) is 41.4. The van der Waals surface area contributed by atoms with Gasteiger partial charge in [0, 0.05) is 12.8 Å². The van der Waals surface area contributed by atoms with Crippen molar-refractivity contribution in [2.45, 2.75) is 200 Å². The van der Waals surface area contributed by atoms with E-state index >= 15 is 0 Å². The van der Waals surface area contributed by atoms with E-state index in [0.29, 0.717) is 23.9 Å². The number of carbonyl (C=O) groups excluding carboxylic acids is 2. The van der Waals surface area contributed by atoms with E-state index in [2.05, 4.69) is 50.3 Å². The van der Waals surface area contributed by atoms with E-state index in [4.69, 9.17) is 18.5 Å². The van der Waals surface area contributed by atoms with Crippen LogP contribution in [0, 0.1) is 0 Å². The summed E-state index contributed by atoms with van der Waals surface area (Å²) < 4.78 is 33.8. The second-order valence-electron chi connectivity index (χ2n) is 16.4.